The number of ketones is 1. The third-order valence-electron chi connectivity index (χ3n) is 6.01. The average molecular weight is 493 g/mol. The van der Waals surface area contributed by atoms with Gasteiger partial charge in [-0.1, -0.05) is 44.2 Å². The molecular formula is C24H36N4O5S. The molecule has 2 fully saturated rings. The van der Waals surface area contributed by atoms with Gasteiger partial charge in [0.05, 0.1) is 19.2 Å². The number of nitrogens with one attached hydrogen (secondary N) is 3. The fraction of sp³-hybridized carbons (Fsp3) is 0.625. The van der Waals surface area contributed by atoms with Gasteiger partial charge in [-0.2, -0.15) is 0 Å². The van der Waals surface area contributed by atoms with Crippen molar-refractivity contribution in [3.8, 4) is 0 Å². The van der Waals surface area contributed by atoms with E-state index in [1.807, 2.05) is 49.2 Å². The molecule has 0 saturated carbocycles. The Morgan fingerprint density at radius 1 is 1.09 bits per heavy atom. The maximum atomic E-state index is 13.3. The van der Waals surface area contributed by atoms with E-state index in [4.69, 9.17) is 4.74 Å². The Kier molecular flexibility index (Phi) is 9.35. The van der Waals surface area contributed by atoms with Gasteiger partial charge in [-0.25, -0.2) is 10.4 Å². The second kappa shape index (κ2) is 12.0. The summed E-state index contributed by atoms with van der Waals surface area (Å²) in [6.07, 6.45) is 0.797. The molecule has 1 aromatic carbocycles. The highest BCUT2D eigenvalue weighted by Crippen LogP contribution is 2.29. The average Bonchev–Trinajstić information content (AvgIpc) is 3.56. The molecule has 0 spiro atoms. The van der Waals surface area contributed by atoms with Crippen molar-refractivity contribution >= 4 is 28.4 Å². The summed E-state index contributed by atoms with van der Waals surface area (Å²) < 4.78 is 16.8. The summed E-state index contributed by atoms with van der Waals surface area (Å²) in [5.74, 6) is 0.481. The number of carbonyl (C=O) groups excluding carboxylic acids is 3. The first kappa shape index (κ1) is 26.5. The number of hydrogen-bond donors (Lipinski definition) is 3. The van der Waals surface area contributed by atoms with Crippen LogP contribution in [-0.4, -0.2) is 82.2 Å². The number of ether oxygens (including phenoxy) is 1. The standard InChI is InChI=1S/C24H36N4O5S/c1-17(2)13-19(22(30)24(3)16-33-24)27-23(31)20(14-18-7-5-4-6-8-18)26-21(29)15-25-28-9-11-34(32)12-10-28/h4-8,17,19-20,25H,9-16H2,1-3H3,(H,26,29)(H,27,31)/t19-,20-,24+/m0/s1. The van der Waals surface area contributed by atoms with Crippen LogP contribution in [0.25, 0.3) is 0 Å². The summed E-state index contributed by atoms with van der Waals surface area (Å²) in [5, 5.41) is 7.58. The minimum atomic E-state index is -0.840. The van der Waals surface area contributed by atoms with Crippen LogP contribution in [0.4, 0.5) is 0 Å². The number of carbonyl (C=O) groups is 3. The predicted molar refractivity (Wildman–Crippen MR) is 130 cm³/mol. The number of hydrogen-bond acceptors (Lipinski definition) is 7. The highest BCUT2D eigenvalue weighted by molar-refractivity contribution is 7.85. The van der Waals surface area contributed by atoms with Crippen molar-refractivity contribution in [2.45, 2.75) is 51.3 Å². The normalized spacial score (nSPS) is 22.7. The van der Waals surface area contributed by atoms with Gasteiger partial charge in [0.15, 0.2) is 5.78 Å². The predicted octanol–water partition coefficient (Wildman–Crippen LogP) is 0.172. The third-order valence-corrected chi connectivity index (χ3v) is 7.29. The molecule has 34 heavy (non-hydrogen) atoms. The number of rotatable bonds is 12. The Morgan fingerprint density at radius 2 is 1.74 bits per heavy atom. The van der Waals surface area contributed by atoms with Gasteiger partial charge in [-0.05, 0) is 24.8 Å². The summed E-state index contributed by atoms with van der Waals surface area (Å²) >= 11 is 0. The number of benzene rings is 1. The molecule has 10 heteroatoms. The van der Waals surface area contributed by atoms with Crippen LogP contribution in [0.2, 0.25) is 0 Å². The molecule has 0 bridgehead atoms. The third kappa shape index (κ3) is 7.97. The molecule has 0 unspecified atom stereocenters. The fourth-order valence-corrected chi connectivity index (χ4v) is 4.93. The second-order valence-electron chi connectivity index (χ2n) is 9.55. The van der Waals surface area contributed by atoms with Crippen LogP contribution in [0.3, 0.4) is 0 Å². The molecule has 2 saturated heterocycles. The summed E-state index contributed by atoms with van der Waals surface area (Å²) in [4.78, 5) is 38.9. The quantitative estimate of drug-likeness (QED) is 0.356. The van der Waals surface area contributed by atoms with Crippen molar-refractivity contribution < 1.29 is 23.3 Å². The van der Waals surface area contributed by atoms with E-state index in [2.05, 4.69) is 16.1 Å². The molecule has 2 heterocycles. The van der Waals surface area contributed by atoms with E-state index >= 15 is 0 Å². The van der Waals surface area contributed by atoms with Crippen LogP contribution in [0.5, 0.6) is 0 Å². The van der Waals surface area contributed by atoms with Gasteiger partial charge in [-0.15, -0.1) is 0 Å². The van der Waals surface area contributed by atoms with E-state index in [-0.39, 0.29) is 24.2 Å². The fourth-order valence-electron chi connectivity index (χ4n) is 3.88. The lowest BCUT2D eigenvalue weighted by Gasteiger charge is -2.27. The largest absolute Gasteiger partial charge is 0.361 e. The van der Waals surface area contributed by atoms with E-state index in [0.29, 0.717) is 44.0 Å². The molecular weight excluding hydrogens is 456 g/mol. The molecule has 2 aliphatic rings. The van der Waals surface area contributed by atoms with Crippen LogP contribution in [0, 0.1) is 5.92 Å². The maximum absolute atomic E-state index is 13.3. The molecule has 2 aliphatic heterocycles. The lowest BCUT2D eigenvalue weighted by Crippen LogP contribution is -2.56. The van der Waals surface area contributed by atoms with Crippen molar-refractivity contribution in [1.29, 1.82) is 0 Å². The zero-order chi connectivity index (χ0) is 24.7. The van der Waals surface area contributed by atoms with E-state index in [1.165, 1.54) is 0 Å². The van der Waals surface area contributed by atoms with Crippen molar-refractivity contribution in [3.05, 3.63) is 35.9 Å². The molecule has 3 atom stereocenters. The summed E-state index contributed by atoms with van der Waals surface area (Å²) in [7, 11) is -0.801. The molecule has 0 aromatic heterocycles. The number of amides is 2. The molecule has 0 radical (unpaired) electrons. The number of hydrazine groups is 1. The summed E-state index contributed by atoms with van der Waals surface area (Å²) in [6, 6.07) is 7.93. The highest BCUT2D eigenvalue weighted by atomic mass is 32.2. The smallest absolute Gasteiger partial charge is 0.243 e. The molecule has 9 nitrogen and oxygen atoms in total. The van der Waals surface area contributed by atoms with Gasteiger partial charge in [0.2, 0.25) is 11.8 Å². The first-order valence-electron chi connectivity index (χ1n) is 11.8. The van der Waals surface area contributed by atoms with Crippen molar-refractivity contribution in [3.63, 3.8) is 0 Å². The van der Waals surface area contributed by atoms with E-state index in [0.717, 1.165) is 5.56 Å². The van der Waals surface area contributed by atoms with Crippen molar-refractivity contribution in [2.75, 3.05) is 37.7 Å². The van der Waals surface area contributed by atoms with E-state index in [9.17, 15) is 18.6 Å². The van der Waals surface area contributed by atoms with Crippen molar-refractivity contribution in [2.24, 2.45) is 5.92 Å². The van der Waals surface area contributed by atoms with Gasteiger partial charge < -0.3 is 15.4 Å². The highest BCUT2D eigenvalue weighted by Gasteiger charge is 2.50. The van der Waals surface area contributed by atoms with E-state index < -0.39 is 34.4 Å². The van der Waals surface area contributed by atoms with Gasteiger partial charge in [0, 0.05) is 41.8 Å². The first-order chi connectivity index (χ1) is 16.2. The molecule has 3 rings (SSSR count). The minimum absolute atomic E-state index is 0.00543. The Bertz CT molecular complexity index is 881. The van der Waals surface area contributed by atoms with Crippen LogP contribution in [0.1, 0.15) is 32.8 Å². The Balaban J connectivity index is 1.64. The maximum Gasteiger partial charge on any atom is 0.243 e. The zero-order valence-electron chi connectivity index (χ0n) is 20.2. The Labute approximate surface area is 203 Å². The molecule has 188 valence electrons. The van der Waals surface area contributed by atoms with Gasteiger partial charge >= 0.3 is 0 Å². The minimum Gasteiger partial charge on any atom is -0.361 e. The van der Waals surface area contributed by atoms with Crippen LogP contribution in [-0.2, 0) is 36.3 Å². The number of nitrogens with zero attached hydrogens (tertiary/aromatic N) is 1. The van der Waals surface area contributed by atoms with E-state index in [1.54, 1.807) is 6.92 Å². The Hall–Kier alpha value is -2.14. The SMILES string of the molecule is CC(C)C[C@H](NC(=O)[C@H](Cc1ccccc1)NC(=O)CNN1CCS(=O)CC1)C(=O)[C@@]1(C)CO1. The summed E-state index contributed by atoms with van der Waals surface area (Å²) in [6.45, 7) is 7.30. The zero-order valence-corrected chi connectivity index (χ0v) is 21.0. The molecule has 0 aliphatic carbocycles. The van der Waals surface area contributed by atoms with Crippen LogP contribution >= 0.6 is 0 Å². The molecule has 1 aromatic rings. The number of epoxide rings is 1. The first-order valence-corrected chi connectivity index (χ1v) is 13.3. The second-order valence-corrected chi connectivity index (χ2v) is 11.3. The van der Waals surface area contributed by atoms with Gasteiger partial charge in [0.25, 0.3) is 0 Å². The van der Waals surface area contributed by atoms with Crippen LogP contribution < -0.4 is 16.1 Å². The summed E-state index contributed by atoms with van der Waals surface area (Å²) in [5.41, 5.74) is 3.11. The van der Waals surface area contributed by atoms with Crippen molar-refractivity contribution in [1.82, 2.24) is 21.1 Å². The van der Waals surface area contributed by atoms with Gasteiger partial charge in [-0.3, -0.25) is 18.6 Å². The molecule has 3 N–H and O–H groups in total. The lowest BCUT2D eigenvalue weighted by molar-refractivity contribution is -0.133. The van der Waals surface area contributed by atoms with Crippen LogP contribution in [0.15, 0.2) is 30.3 Å². The number of Topliss-reactive ketones (excluding diaryl/α,β-unsaturated/α-hetero) is 1. The Morgan fingerprint density at radius 3 is 2.32 bits per heavy atom. The topological polar surface area (TPSA) is 120 Å². The monoisotopic (exact) mass is 492 g/mol. The molecule has 2 amide bonds. The lowest BCUT2D eigenvalue weighted by atomic mass is 9.93. The van der Waals surface area contributed by atoms with Gasteiger partial charge in [0.1, 0.15) is 11.6 Å².